The van der Waals surface area contributed by atoms with Crippen molar-refractivity contribution >= 4 is 27.6 Å². The maximum Gasteiger partial charge on any atom is 0.339 e. The predicted molar refractivity (Wildman–Crippen MR) is 82.2 cm³/mol. The Hall–Kier alpha value is -1.43. The number of hydrogen-bond acceptors (Lipinski definition) is 4. The zero-order chi connectivity index (χ0) is 15.6. The molecule has 0 N–H and O–H groups in total. The van der Waals surface area contributed by atoms with Gasteiger partial charge < -0.3 is 4.74 Å². The Labute approximate surface area is 132 Å². The van der Waals surface area contributed by atoms with E-state index < -0.39 is 10.9 Å². The number of benzene rings is 1. The van der Waals surface area contributed by atoms with Crippen molar-refractivity contribution in [1.82, 2.24) is 0 Å². The summed E-state index contributed by atoms with van der Waals surface area (Å²) >= 11 is 3.13. The molecule has 0 aliphatic heterocycles. The average molecular weight is 356 g/mol. The Morgan fingerprint density at radius 1 is 1.29 bits per heavy atom. The zero-order valence-electron chi connectivity index (χ0n) is 12.0. The lowest BCUT2D eigenvalue weighted by atomic mass is 9.82. The van der Waals surface area contributed by atoms with Crippen molar-refractivity contribution in [2.24, 2.45) is 11.8 Å². The highest BCUT2D eigenvalue weighted by atomic mass is 79.9. The van der Waals surface area contributed by atoms with Crippen LogP contribution in [0.3, 0.4) is 0 Å². The Morgan fingerprint density at radius 2 is 1.90 bits per heavy atom. The summed E-state index contributed by atoms with van der Waals surface area (Å²) in [5.74, 6) is 0.553. The second kappa shape index (κ2) is 6.56. The van der Waals surface area contributed by atoms with E-state index in [0.29, 0.717) is 11.8 Å². The number of hydrogen-bond donors (Lipinski definition) is 0. The summed E-state index contributed by atoms with van der Waals surface area (Å²) in [7, 11) is 0. The van der Waals surface area contributed by atoms with Gasteiger partial charge in [-0.15, -0.1) is 0 Å². The standard InChI is InChI=1S/C15H18BrNO4/c1-9-6-10(2)8-11(7-9)21-15(18)12-4-3-5-13(14(12)16)17(19)20/h3-5,9-11H,6-8H2,1-2H3. The van der Waals surface area contributed by atoms with Gasteiger partial charge in [0.2, 0.25) is 0 Å². The van der Waals surface area contributed by atoms with Gasteiger partial charge in [-0.1, -0.05) is 19.9 Å². The molecule has 2 rings (SSSR count). The number of carbonyl (C=O) groups is 1. The van der Waals surface area contributed by atoms with Crippen molar-refractivity contribution in [3.8, 4) is 0 Å². The van der Waals surface area contributed by atoms with Crippen LogP contribution in [-0.4, -0.2) is 17.0 Å². The topological polar surface area (TPSA) is 69.4 Å². The molecule has 0 radical (unpaired) electrons. The molecule has 1 aliphatic carbocycles. The smallest absolute Gasteiger partial charge is 0.339 e. The third kappa shape index (κ3) is 3.81. The van der Waals surface area contributed by atoms with Crippen LogP contribution in [0.4, 0.5) is 5.69 Å². The van der Waals surface area contributed by atoms with Crippen LogP contribution in [0.5, 0.6) is 0 Å². The Balaban J connectivity index is 2.14. The van der Waals surface area contributed by atoms with Gasteiger partial charge in [0.1, 0.15) is 10.6 Å². The molecule has 6 heteroatoms. The van der Waals surface area contributed by atoms with E-state index in [9.17, 15) is 14.9 Å². The van der Waals surface area contributed by atoms with E-state index in [1.54, 1.807) is 0 Å². The molecule has 0 amide bonds. The van der Waals surface area contributed by atoms with Gasteiger partial charge >= 0.3 is 5.97 Å². The van der Waals surface area contributed by atoms with Gasteiger partial charge in [-0.25, -0.2) is 4.79 Å². The molecule has 1 aromatic carbocycles. The van der Waals surface area contributed by atoms with Crippen LogP contribution in [0.1, 0.15) is 43.5 Å². The third-order valence-corrected chi connectivity index (χ3v) is 4.64. The number of rotatable bonds is 3. The van der Waals surface area contributed by atoms with Crippen LogP contribution in [0, 0.1) is 22.0 Å². The summed E-state index contributed by atoms with van der Waals surface area (Å²) in [4.78, 5) is 22.6. The summed E-state index contributed by atoms with van der Waals surface area (Å²) in [6.07, 6.45) is 2.74. The Kier molecular flexibility index (Phi) is 4.98. The van der Waals surface area contributed by atoms with E-state index in [4.69, 9.17) is 4.74 Å². The molecule has 1 saturated carbocycles. The van der Waals surface area contributed by atoms with Gasteiger partial charge in [0.15, 0.2) is 0 Å². The van der Waals surface area contributed by atoms with E-state index in [1.807, 2.05) is 0 Å². The SMILES string of the molecule is CC1CC(C)CC(OC(=O)c2cccc([N+](=O)[O-])c2Br)C1. The maximum atomic E-state index is 12.2. The predicted octanol–water partition coefficient (Wildman–Crippen LogP) is 4.34. The van der Waals surface area contributed by atoms with Crippen molar-refractivity contribution in [2.45, 2.75) is 39.2 Å². The molecule has 114 valence electrons. The molecule has 0 saturated heterocycles. The lowest BCUT2D eigenvalue weighted by Gasteiger charge is -2.31. The molecule has 0 heterocycles. The molecule has 1 fully saturated rings. The second-order valence-electron chi connectivity index (χ2n) is 5.84. The molecule has 1 aliphatic rings. The minimum absolute atomic E-state index is 0.109. The molecule has 0 aromatic heterocycles. The minimum Gasteiger partial charge on any atom is -0.459 e. The lowest BCUT2D eigenvalue weighted by Crippen LogP contribution is -2.28. The fraction of sp³-hybridized carbons (Fsp3) is 0.533. The first kappa shape index (κ1) is 15.9. The monoisotopic (exact) mass is 355 g/mol. The number of nitro groups is 1. The van der Waals surface area contributed by atoms with Crippen molar-refractivity contribution in [3.63, 3.8) is 0 Å². The van der Waals surface area contributed by atoms with Crippen LogP contribution in [0.15, 0.2) is 22.7 Å². The van der Waals surface area contributed by atoms with Crippen LogP contribution in [0.25, 0.3) is 0 Å². The normalized spacial score (nSPS) is 25.4. The maximum absolute atomic E-state index is 12.2. The van der Waals surface area contributed by atoms with Gasteiger partial charge in [0, 0.05) is 6.07 Å². The van der Waals surface area contributed by atoms with Gasteiger partial charge in [-0.05, 0) is 53.1 Å². The van der Waals surface area contributed by atoms with Crippen molar-refractivity contribution in [2.75, 3.05) is 0 Å². The van der Waals surface area contributed by atoms with Crippen LogP contribution < -0.4 is 0 Å². The summed E-state index contributed by atoms with van der Waals surface area (Å²) in [6, 6.07) is 4.38. The highest BCUT2D eigenvalue weighted by Crippen LogP contribution is 2.33. The molecule has 0 spiro atoms. The van der Waals surface area contributed by atoms with E-state index in [1.165, 1.54) is 18.2 Å². The lowest BCUT2D eigenvalue weighted by molar-refractivity contribution is -0.385. The average Bonchev–Trinajstić information content (AvgIpc) is 2.37. The number of ether oxygens (including phenoxy) is 1. The minimum atomic E-state index is -0.522. The summed E-state index contributed by atoms with van der Waals surface area (Å²) < 4.78 is 5.72. The molecular weight excluding hydrogens is 338 g/mol. The molecule has 5 nitrogen and oxygen atoms in total. The van der Waals surface area contributed by atoms with E-state index in [2.05, 4.69) is 29.8 Å². The summed E-state index contributed by atoms with van der Waals surface area (Å²) in [5, 5.41) is 10.9. The molecule has 0 bridgehead atoms. The molecule has 1 aromatic rings. The second-order valence-corrected chi connectivity index (χ2v) is 6.63. The first-order valence-electron chi connectivity index (χ1n) is 7.02. The first-order chi connectivity index (χ1) is 9.88. The fourth-order valence-electron chi connectivity index (χ4n) is 3.00. The third-order valence-electron chi connectivity index (χ3n) is 3.80. The number of nitrogens with zero attached hydrogens (tertiary/aromatic N) is 1. The molecule has 21 heavy (non-hydrogen) atoms. The number of carbonyl (C=O) groups excluding carboxylic acids is 1. The Bertz CT molecular complexity index is 551. The molecular formula is C15H18BrNO4. The number of esters is 1. The van der Waals surface area contributed by atoms with Crippen LogP contribution >= 0.6 is 15.9 Å². The number of nitro benzene ring substituents is 1. The quantitative estimate of drug-likeness (QED) is 0.459. The van der Waals surface area contributed by atoms with Gasteiger partial charge in [-0.2, -0.15) is 0 Å². The van der Waals surface area contributed by atoms with Crippen molar-refractivity contribution in [3.05, 3.63) is 38.3 Å². The summed E-state index contributed by atoms with van der Waals surface area (Å²) in [6.45, 7) is 4.31. The van der Waals surface area contributed by atoms with Gasteiger partial charge in [0.05, 0.1) is 10.5 Å². The molecule has 2 atom stereocenters. The van der Waals surface area contributed by atoms with Crippen LogP contribution in [-0.2, 0) is 4.74 Å². The highest BCUT2D eigenvalue weighted by molar-refractivity contribution is 9.10. The Morgan fingerprint density at radius 3 is 2.48 bits per heavy atom. The largest absolute Gasteiger partial charge is 0.459 e. The summed E-state index contributed by atoms with van der Waals surface area (Å²) in [5.41, 5.74) is 0.0740. The zero-order valence-corrected chi connectivity index (χ0v) is 13.6. The van der Waals surface area contributed by atoms with Crippen molar-refractivity contribution < 1.29 is 14.5 Å². The van der Waals surface area contributed by atoms with E-state index >= 15 is 0 Å². The highest BCUT2D eigenvalue weighted by Gasteiger charge is 2.28. The van der Waals surface area contributed by atoms with Crippen molar-refractivity contribution in [1.29, 1.82) is 0 Å². The van der Waals surface area contributed by atoms with E-state index in [-0.39, 0.29) is 21.8 Å². The van der Waals surface area contributed by atoms with Gasteiger partial charge in [0.25, 0.3) is 5.69 Å². The molecule has 2 unspecified atom stereocenters. The number of halogens is 1. The van der Waals surface area contributed by atoms with E-state index in [0.717, 1.165) is 19.3 Å². The van der Waals surface area contributed by atoms with Gasteiger partial charge in [-0.3, -0.25) is 10.1 Å². The van der Waals surface area contributed by atoms with Crippen LogP contribution in [0.2, 0.25) is 0 Å². The first-order valence-corrected chi connectivity index (χ1v) is 7.81. The fourth-order valence-corrected chi connectivity index (χ4v) is 3.57.